The molecule has 0 bridgehead atoms. The number of hydrogen-bond acceptors (Lipinski definition) is 3. The van der Waals surface area contributed by atoms with Crippen LogP contribution in [0.4, 0.5) is 4.39 Å². The van der Waals surface area contributed by atoms with E-state index in [1.54, 1.807) is 24.3 Å². The van der Waals surface area contributed by atoms with E-state index in [0.717, 1.165) is 16.5 Å². The average Bonchev–Trinajstić information content (AvgIpc) is 3.17. The SMILES string of the molecule is N/N=C(\N)c1cc2cc(C(=O)NCc3ccccc3)ccc2n1Cc1ccc(Cl)c(F)c1. The minimum absolute atomic E-state index is 0.0560. The van der Waals surface area contributed by atoms with Crippen LogP contribution in [0, 0.1) is 5.82 Å². The maximum absolute atomic E-state index is 13.9. The lowest BCUT2D eigenvalue weighted by Crippen LogP contribution is -2.22. The number of carbonyl (C=O) groups is 1. The molecular weight excluding hydrogens is 429 g/mol. The highest BCUT2D eigenvalue weighted by Crippen LogP contribution is 2.24. The molecule has 0 saturated heterocycles. The molecule has 162 valence electrons. The van der Waals surface area contributed by atoms with Crippen molar-refractivity contribution >= 4 is 34.2 Å². The highest BCUT2D eigenvalue weighted by atomic mass is 35.5. The van der Waals surface area contributed by atoms with Crippen molar-refractivity contribution in [1.82, 2.24) is 9.88 Å². The lowest BCUT2D eigenvalue weighted by molar-refractivity contribution is 0.0951. The summed E-state index contributed by atoms with van der Waals surface area (Å²) >= 11 is 5.80. The fourth-order valence-electron chi connectivity index (χ4n) is 3.56. The number of rotatable bonds is 6. The number of nitrogens with zero attached hydrogens (tertiary/aromatic N) is 2. The van der Waals surface area contributed by atoms with Gasteiger partial charge in [-0.2, -0.15) is 5.10 Å². The minimum Gasteiger partial charge on any atom is -0.381 e. The van der Waals surface area contributed by atoms with E-state index in [4.69, 9.17) is 23.2 Å². The first-order chi connectivity index (χ1) is 15.5. The van der Waals surface area contributed by atoms with E-state index in [-0.39, 0.29) is 16.8 Å². The van der Waals surface area contributed by atoms with E-state index < -0.39 is 5.82 Å². The lowest BCUT2D eigenvalue weighted by Gasteiger charge is -2.11. The largest absolute Gasteiger partial charge is 0.381 e. The van der Waals surface area contributed by atoms with Crippen LogP contribution in [0.25, 0.3) is 10.9 Å². The van der Waals surface area contributed by atoms with Crippen molar-refractivity contribution in [1.29, 1.82) is 0 Å². The topological polar surface area (TPSA) is 98.4 Å². The first-order valence-electron chi connectivity index (χ1n) is 9.89. The molecular formula is C24H21ClFN5O. The molecule has 1 aromatic heterocycles. The highest BCUT2D eigenvalue weighted by Gasteiger charge is 2.15. The zero-order chi connectivity index (χ0) is 22.7. The summed E-state index contributed by atoms with van der Waals surface area (Å²) < 4.78 is 15.8. The van der Waals surface area contributed by atoms with Crippen LogP contribution in [-0.4, -0.2) is 16.3 Å². The maximum atomic E-state index is 13.9. The van der Waals surface area contributed by atoms with Gasteiger partial charge < -0.3 is 21.5 Å². The van der Waals surface area contributed by atoms with Gasteiger partial charge in [0.15, 0.2) is 5.84 Å². The lowest BCUT2D eigenvalue weighted by atomic mass is 10.1. The molecule has 0 atom stereocenters. The van der Waals surface area contributed by atoms with Crippen molar-refractivity contribution in [2.75, 3.05) is 0 Å². The number of carbonyl (C=O) groups excluding carboxylic acids is 1. The molecule has 4 rings (SSSR count). The Bertz CT molecular complexity index is 1320. The quantitative estimate of drug-likeness (QED) is 0.179. The first-order valence-corrected chi connectivity index (χ1v) is 10.3. The minimum atomic E-state index is -0.500. The Morgan fingerprint density at radius 3 is 2.53 bits per heavy atom. The van der Waals surface area contributed by atoms with Crippen molar-refractivity contribution in [3.05, 3.63) is 106 Å². The molecule has 0 aliphatic heterocycles. The van der Waals surface area contributed by atoms with Crippen molar-refractivity contribution in [3.8, 4) is 0 Å². The molecule has 5 N–H and O–H groups in total. The standard InChI is InChI=1S/C24H21ClFN5O/c25-19-8-6-16(10-20(19)26)14-31-21-9-7-17(11-18(21)12-22(31)23(27)30-28)24(32)29-13-15-4-2-1-3-5-15/h1-12H,13-14,28H2,(H2,27,30)(H,29,32). The van der Waals surface area contributed by atoms with E-state index in [9.17, 15) is 9.18 Å². The second-order valence-electron chi connectivity index (χ2n) is 7.32. The molecule has 0 radical (unpaired) electrons. The predicted octanol–water partition coefficient (Wildman–Crippen LogP) is 3.99. The summed E-state index contributed by atoms with van der Waals surface area (Å²) in [5.41, 5.74) is 9.60. The smallest absolute Gasteiger partial charge is 0.251 e. The van der Waals surface area contributed by atoms with Crippen LogP contribution in [0.5, 0.6) is 0 Å². The third-order valence-electron chi connectivity index (χ3n) is 5.19. The van der Waals surface area contributed by atoms with Gasteiger partial charge in [-0.15, -0.1) is 0 Å². The molecule has 0 unspecified atom stereocenters. The monoisotopic (exact) mass is 449 g/mol. The van der Waals surface area contributed by atoms with Gasteiger partial charge >= 0.3 is 0 Å². The van der Waals surface area contributed by atoms with E-state index >= 15 is 0 Å². The summed E-state index contributed by atoms with van der Waals surface area (Å²) in [6, 6.07) is 21.4. The fraction of sp³-hybridized carbons (Fsp3) is 0.0833. The van der Waals surface area contributed by atoms with Crippen LogP contribution in [0.3, 0.4) is 0 Å². The van der Waals surface area contributed by atoms with Gasteiger partial charge in [0.2, 0.25) is 0 Å². The van der Waals surface area contributed by atoms with Crippen LogP contribution in [0.1, 0.15) is 27.2 Å². The van der Waals surface area contributed by atoms with Crippen LogP contribution in [0.2, 0.25) is 5.02 Å². The number of aromatic nitrogens is 1. The van der Waals surface area contributed by atoms with Gasteiger partial charge in [0.25, 0.3) is 5.91 Å². The Morgan fingerprint density at radius 2 is 1.81 bits per heavy atom. The van der Waals surface area contributed by atoms with Crippen molar-refractivity contribution in [2.24, 2.45) is 16.7 Å². The second-order valence-corrected chi connectivity index (χ2v) is 7.73. The molecule has 6 nitrogen and oxygen atoms in total. The van der Waals surface area contributed by atoms with Gasteiger partial charge in [0.1, 0.15) is 5.82 Å². The van der Waals surface area contributed by atoms with E-state index in [1.165, 1.54) is 12.1 Å². The number of halogens is 2. The number of hydrogen-bond donors (Lipinski definition) is 3. The number of fused-ring (bicyclic) bond motifs is 1. The summed E-state index contributed by atoms with van der Waals surface area (Å²) in [4.78, 5) is 12.7. The van der Waals surface area contributed by atoms with Gasteiger partial charge in [0, 0.05) is 29.6 Å². The van der Waals surface area contributed by atoms with Gasteiger partial charge in [-0.25, -0.2) is 4.39 Å². The molecule has 0 spiro atoms. The molecule has 32 heavy (non-hydrogen) atoms. The third kappa shape index (κ3) is 4.43. The number of nitrogens with one attached hydrogen (secondary N) is 1. The maximum Gasteiger partial charge on any atom is 0.251 e. The molecule has 0 aliphatic rings. The third-order valence-corrected chi connectivity index (χ3v) is 5.49. The van der Waals surface area contributed by atoms with E-state index in [1.807, 2.05) is 41.0 Å². The van der Waals surface area contributed by atoms with Gasteiger partial charge in [0.05, 0.1) is 10.7 Å². The molecule has 0 fully saturated rings. The van der Waals surface area contributed by atoms with Crippen LogP contribution >= 0.6 is 11.6 Å². The van der Waals surface area contributed by atoms with Gasteiger partial charge in [-0.1, -0.05) is 48.0 Å². The zero-order valence-electron chi connectivity index (χ0n) is 17.1. The predicted molar refractivity (Wildman–Crippen MR) is 125 cm³/mol. The normalized spacial score (nSPS) is 11.6. The number of nitrogens with two attached hydrogens (primary N) is 2. The number of amides is 1. The molecule has 1 amide bonds. The summed E-state index contributed by atoms with van der Waals surface area (Å²) in [5, 5.41) is 7.37. The van der Waals surface area contributed by atoms with Gasteiger partial charge in [-0.3, -0.25) is 4.79 Å². The molecule has 0 aliphatic carbocycles. The zero-order valence-corrected chi connectivity index (χ0v) is 17.8. The van der Waals surface area contributed by atoms with E-state index in [0.29, 0.717) is 29.9 Å². The van der Waals surface area contributed by atoms with Crippen LogP contribution in [-0.2, 0) is 13.1 Å². The second kappa shape index (κ2) is 9.11. The Kier molecular flexibility index (Phi) is 6.09. The Hall–Kier alpha value is -3.84. The Balaban J connectivity index is 1.66. The summed E-state index contributed by atoms with van der Waals surface area (Å²) in [6.45, 7) is 0.752. The highest BCUT2D eigenvalue weighted by molar-refractivity contribution is 6.30. The van der Waals surface area contributed by atoms with E-state index in [2.05, 4.69) is 10.4 Å². The molecule has 0 saturated carbocycles. The summed E-state index contributed by atoms with van der Waals surface area (Å²) in [6.07, 6.45) is 0. The molecule has 8 heteroatoms. The van der Waals surface area contributed by atoms with Crippen molar-refractivity contribution in [2.45, 2.75) is 13.1 Å². The van der Waals surface area contributed by atoms with Gasteiger partial charge in [-0.05, 0) is 47.5 Å². The summed E-state index contributed by atoms with van der Waals surface area (Å²) in [7, 11) is 0. The number of hydrazone groups is 1. The fourth-order valence-corrected chi connectivity index (χ4v) is 3.68. The number of benzene rings is 3. The Morgan fingerprint density at radius 1 is 1.03 bits per heavy atom. The van der Waals surface area contributed by atoms with Crippen molar-refractivity contribution < 1.29 is 9.18 Å². The summed E-state index contributed by atoms with van der Waals surface area (Å²) in [5.74, 6) is 4.85. The average molecular weight is 450 g/mol. The number of amidine groups is 1. The van der Waals surface area contributed by atoms with Crippen molar-refractivity contribution in [3.63, 3.8) is 0 Å². The molecule has 4 aromatic rings. The van der Waals surface area contributed by atoms with Crippen LogP contribution < -0.4 is 16.9 Å². The first kappa shape index (κ1) is 21.4. The van der Waals surface area contributed by atoms with Crippen LogP contribution in [0.15, 0.2) is 77.9 Å². The molecule has 3 aromatic carbocycles. The Labute approximate surface area is 189 Å². The molecule has 1 heterocycles.